The number of carbonyl (C=O) groups excluding carboxylic acids is 1. The molecule has 0 spiro atoms. The van der Waals surface area contributed by atoms with Gasteiger partial charge in [0.1, 0.15) is 18.2 Å². The summed E-state index contributed by atoms with van der Waals surface area (Å²) in [7, 11) is 0. The fourth-order valence-electron chi connectivity index (χ4n) is 3.56. The lowest BCUT2D eigenvalue weighted by molar-refractivity contribution is -0.921. The fourth-order valence-corrected chi connectivity index (χ4v) is 3.94. The maximum absolute atomic E-state index is 12.0. The number of hydrogen-bond donors (Lipinski definition) is 2. The van der Waals surface area contributed by atoms with Gasteiger partial charge in [0.25, 0.3) is 0 Å². The van der Waals surface area contributed by atoms with Crippen molar-refractivity contribution in [1.82, 2.24) is 0 Å². The number of halogens is 1. The maximum Gasteiger partial charge on any atom is 0.314 e. The van der Waals surface area contributed by atoms with Crippen LogP contribution < -0.4 is 4.90 Å². The second kappa shape index (κ2) is 7.53. The smallest absolute Gasteiger partial charge is 0.314 e. The molecule has 0 radical (unpaired) electrons. The molecule has 2 atom stereocenters. The lowest BCUT2D eigenvalue weighted by Gasteiger charge is -2.29. The molecule has 2 aromatic carbocycles. The number of quaternary nitrogens is 1. The number of aromatic hydroxyl groups is 1. The lowest BCUT2D eigenvalue weighted by Crippen LogP contribution is -3.12. The molecule has 4 nitrogen and oxygen atoms in total. The molecule has 1 heterocycles. The van der Waals surface area contributed by atoms with Crippen LogP contribution in [0.1, 0.15) is 25.3 Å². The number of nitrogens with one attached hydrogen (secondary N) is 1. The van der Waals surface area contributed by atoms with Gasteiger partial charge < -0.3 is 14.7 Å². The van der Waals surface area contributed by atoms with Crippen molar-refractivity contribution in [2.75, 3.05) is 19.7 Å². The predicted molar refractivity (Wildman–Crippen MR) is 97.1 cm³/mol. The van der Waals surface area contributed by atoms with Gasteiger partial charge in [-0.1, -0.05) is 28.1 Å². The van der Waals surface area contributed by atoms with Crippen LogP contribution in [0.4, 0.5) is 0 Å². The first-order valence-electron chi connectivity index (χ1n) is 8.48. The lowest BCUT2D eigenvalue weighted by atomic mass is 9.96. The third-order valence-corrected chi connectivity index (χ3v) is 5.23. The monoisotopic (exact) mass is 392 g/mol. The molecule has 128 valence electrons. The van der Waals surface area contributed by atoms with Crippen molar-refractivity contribution in [2.45, 2.75) is 26.3 Å². The number of rotatable bonds is 4. The van der Waals surface area contributed by atoms with E-state index in [0.29, 0.717) is 12.4 Å². The highest BCUT2D eigenvalue weighted by molar-refractivity contribution is 9.10. The van der Waals surface area contributed by atoms with Crippen LogP contribution in [0.15, 0.2) is 34.8 Å². The van der Waals surface area contributed by atoms with Crippen molar-refractivity contribution in [3.63, 3.8) is 0 Å². The van der Waals surface area contributed by atoms with Crippen molar-refractivity contribution in [2.24, 2.45) is 5.92 Å². The quantitative estimate of drug-likeness (QED) is 0.786. The van der Waals surface area contributed by atoms with Gasteiger partial charge in [0.15, 0.2) is 0 Å². The number of phenols is 1. The number of ether oxygens (including phenoxy) is 1. The number of carbonyl (C=O) groups is 1. The topological polar surface area (TPSA) is 51.0 Å². The Morgan fingerprint density at radius 2 is 2.21 bits per heavy atom. The van der Waals surface area contributed by atoms with Gasteiger partial charge in [0.05, 0.1) is 25.3 Å². The Labute approximate surface area is 150 Å². The number of phenolic OH excluding ortho intramolecular Hbond substituents is 1. The first kappa shape index (κ1) is 17.2. The van der Waals surface area contributed by atoms with Crippen molar-refractivity contribution in [1.29, 1.82) is 0 Å². The molecule has 2 N–H and O–H groups in total. The van der Waals surface area contributed by atoms with E-state index in [0.717, 1.165) is 53.3 Å². The molecule has 1 aliphatic rings. The molecule has 0 aromatic heterocycles. The number of piperidine rings is 1. The summed E-state index contributed by atoms with van der Waals surface area (Å²) in [6.07, 6.45) is 1.91. The number of benzene rings is 2. The van der Waals surface area contributed by atoms with Gasteiger partial charge in [-0.15, -0.1) is 0 Å². The highest BCUT2D eigenvalue weighted by atomic mass is 79.9. The van der Waals surface area contributed by atoms with Crippen LogP contribution in [-0.4, -0.2) is 30.8 Å². The SMILES string of the molecule is CCOC(=O)[C@H]1CCC[NH+](Cc2c(O)ccc3cc(Br)ccc23)C1. The van der Waals surface area contributed by atoms with Crippen LogP contribution in [0.2, 0.25) is 0 Å². The summed E-state index contributed by atoms with van der Waals surface area (Å²) in [6.45, 7) is 4.79. The Hall–Kier alpha value is -1.59. The molecule has 1 aliphatic heterocycles. The summed E-state index contributed by atoms with van der Waals surface area (Å²) in [5.74, 6) is 0.219. The summed E-state index contributed by atoms with van der Waals surface area (Å²) < 4.78 is 6.21. The molecule has 1 fully saturated rings. The molecule has 24 heavy (non-hydrogen) atoms. The minimum atomic E-state index is -0.0826. The molecule has 0 saturated carbocycles. The maximum atomic E-state index is 12.0. The number of likely N-dealkylation sites (tertiary alicyclic amines) is 1. The van der Waals surface area contributed by atoms with E-state index in [1.807, 2.05) is 25.1 Å². The molecule has 1 saturated heterocycles. The number of fused-ring (bicyclic) bond motifs is 1. The van der Waals surface area contributed by atoms with E-state index in [1.54, 1.807) is 6.07 Å². The summed E-state index contributed by atoms with van der Waals surface area (Å²) in [6, 6.07) is 9.80. The van der Waals surface area contributed by atoms with Crippen LogP contribution in [0.5, 0.6) is 5.75 Å². The van der Waals surface area contributed by atoms with Gasteiger partial charge in [0, 0.05) is 4.47 Å². The van der Waals surface area contributed by atoms with Gasteiger partial charge in [-0.05, 0) is 48.7 Å². The zero-order valence-electron chi connectivity index (χ0n) is 13.8. The van der Waals surface area contributed by atoms with Crippen LogP contribution >= 0.6 is 15.9 Å². The third-order valence-electron chi connectivity index (χ3n) is 4.73. The second-order valence-electron chi connectivity index (χ2n) is 6.40. The van der Waals surface area contributed by atoms with Crippen molar-refractivity contribution >= 4 is 32.7 Å². The fraction of sp³-hybridized carbons (Fsp3) is 0.421. The second-order valence-corrected chi connectivity index (χ2v) is 7.32. The largest absolute Gasteiger partial charge is 0.507 e. The Balaban J connectivity index is 1.81. The van der Waals surface area contributed by atoms with E-state index in [1.165, 1.54) is 4.90 Å². The van der Waals surface area contributed by atoms with Crippen molar-refractivity contribution in [3.8, 4) is 5.75 Å². The Morgan fingerprint density at radius 1 is 1.38 bits per heavy atom. The van der Waals surface area contributed by atoms with Crippen molar-refractivity contribution < 1.29 is 19.5 Å². The van der Waals surface area contributed by atoms with Crippen LogP contribution in [-0.2, 0) is 16.1 Å². The van der Waals surface area contributed by atoms with E-state index < -0.39 is 0 Å². The standard InChI is InChI=1S/C19H22BrNO3/c1-2-24-19(23)14-4-3-9-21(11-14)12-17-16-7-6-15(20)10-13(16)5-8-18(17)22/h5-8,10,14,22H,2-4,9,11-12H2,1H3/p+1/t14-/m0/s1. The highest BCUT2D eigenvalue weighted by Crippen LogP contribution is 2.29. The van der Waals surface area contributed by atoms with Gasteiger partial charge >= 0.3 is 5.97 Å². The van der Waals surface area contributed by atoms with Gasteiger partial charge in [0.2, 0.25) is 0 Å². The van der Waals surface area contributed by atoms with E-state index in [-0.39, 0.29) is 11.9 Å². The van der Waals surface area contributed by atoms with Gasteiger partial charge in [-0.2, -0.15) is 0 Å². The van der Waals surface area contributed by atoms with E-state index in [4.69, 9.17) is 4.74 Å². The minimum absolute atomic E-state index is 0.0278. The molecule has 0 aliphatic carbocycles. The summed E-state index contributed by atoms with van der Waals surface area (Å²) in [5.41, 5.74) is 0.958. The molecule has 3 rings (SSSR count). The van der Waals surface area contributed by atoms with E-state index in [2.05, 4.69) is 22.0 Å². The zero-order chi connectivity index (χ0) is 17.1. The summed E-state index contributed by atoms with van der Waals surface area (Å²) in [5, 5.41) is 12.5. The number of hydrogen-bond acceptors (Lipinski definition) is 3. The molecular weight excluding hydrogens is 370 g/mol. The zero-order valence-corrected chi connectivity index (χ0v) is 15.4. The predicted octanol–water partition coefficient (Wildman–Crippen LogP) is 2.67. The van der Waals surface area contributed by atoms with Gasteiger partial charge in [-0.3, -0.25) is 4.79 Å². The third kappa shape index (κ3) is 3.73. The molecule has 1 unspecified atom stereocenters. The molecule has 0 amide bonds. The average Bonchev–Trinajstić information content (AvgIpc) is 2.58. The minimum Gasteiger partial charge on any atom is -0.507 e. The molecule has 5 heteroatoms. The van der Waals surface area contributed by atoms with Crippen LogP contribution in [0.3, 0.4) is 0 Å². The van der Waals surface area contributed by atoms with E-state index >= 15 is 0 Å². The number of esters is 1. The van der Waals surface area contributed by atoms with E-state index in [9.17, 15) is 9.90 Å². The summed E-state index contributed by atoms with van der Waals surface area (Å²) >= 11 is 3.49. The molecule has 2 aromatic rings. The van der Waals surface area contributed by atoms with Crippen LogP contribution in [0.25, 0.3) is 10.8 Å². The molecule has 0 bridgehead atoms. The van der Waals surface area contributed by atoms with Crippen LogP contribution in [0, 0.1) is 5.92 Å². The first-order valence-corrected chi connectivity index (χ1v) is 9.28. The Kier molecular flexibility index (Phi) is 5.41. The average molecular weight is 393 g/mol. The highest BCUT2D eigenvalue weighted by Gasteiger charge is 2.30. The first-order chi connectivity index (χ1) is 11.6. The normalized spacial score (nSPS) is 20.9. The molecular formula is C19H23BrNO3+. The summed E-state index contributed by atoms with van der Waals surface area (Å²) in [4.78, 5) is 13.3. The van der Waals surface area contributed by atoms with Crippen molar-refractivity contribution in [3.05, 3.63) is 40.4 Å². The van der Waals surface area contributed by atoms with Gasteiger partial charge in [-0.25, -0.2) is 0 Å². The Bertz CT molecular complexity index is 747. The Morgan fingerprint density at radius 3 is 3.00 bits per heavy atom.